The molecule has 18 heavy (non-hydrogen) atoms. The number of hydrogen-bond donors (Lipinski definition) is 1. The zero-order valence-corrected chi connectivity index (χ0v) is 10.3. The van der Waals surface area contributed by atoms with Crippen molar-refractivity contribution < 1.29 is 9.90 Å². The zero-order chi connectivity index (χ0) is 12.5. The lowest BCUT2D eigenvalue weighted by Crippen LogP contribution is -2.52. The summed E-state index contributed by atoms with van der Waals surface area (Å²) in [7, 11) is 0. The molecule has 0 aromatic carbocycles. The van der Waals surface area contributed by atoms with Crippen molar-refractivity contribution in [1.29, 1.82) is 0 Å². The van der Waals surface area contributed by atoms with Crippen molar-refractivity contribution in [2.24, 2.45) is 11.8 Å². The maximum absolute atomic E-state index is 10.9. The Morgan fingerprint density at radius 2 is 2.17 bits per heavy atom. The number of carboxylic acid groups (broad SMARTS) is 1. The molecule has 1 saturated carbocycles. The predicted octanol–water partition coefficient (Wildman–Crippen LogP) is 2.16. The highest BCUT2D eigenvalue weighted by Gasteiger charge is 2.40. The highest BCUT2D eigenvalue weighted by Crippen LogP contribution is 2.42. The van der Waals surface area contributed by atoms with Crippen LogP contribution in [-0.2, 0) is 4.79 Å². The van der Waals surface area contributed by atoms with E-state index in [1.165, 1.54) is 18.5 Å². The topological polar surface area (TPSA) is 53.4 Å². The summed E-state index contributed by atoms with van der Waals surface area (Å²) >= 11 is 0. The van der Waals surface area contributed by atoms with Crippen LogP contribution in [0.15, 0.2) is 24.5 Å². The standard InChI is InChI=1S/C14H18N2O2/c17-14(18)8-11-7-13-2-1-10(11)9-16(13)12-3-5-15-6-4-12/h3-6,10-11,13H,1-2,7-9H2,(H,17,18). The summed E-state index contributed by atoms with van der Waals surface area (Å²) in [4.78, 5) is 17.4. The molecule has 3 aliphatic rings. The first-order chi connectivity index (χ1) is 8.74. The fourth-order valence-electron chi connectivity index (χ4n) is 3.55. The van der Waals surface area contributed by atoms with E-state index >= 15 is 0 Å². The van der Waals surface area contributed by atoms with Gasteiger partial charge >= 0.3 is 5.97 Å². The number of nitrogens with zero attached hydrogens (tertiary/aromatic N) is 2. The average Bonchev–Trinajstić information content (AvgIpc) is 2.40. The third-order valence-electron chi connectivity index (χ3n) is 4.42. The third-order valence-corrected chi connectivity index (χ3v) is 4.42. The van der Waals surface area contributed by atoms with Gasteiger partial charge in [-0.3, -0.25) is 9.78 Å². The molecule has 1 aromatic heterocycles. The fourth-order valence-corrected chi connectivity index (χ4v) is 3.55. The molecule has 1 N–H and O–H groups in total. The van der Waals surface area contributed by atoms with Gasteiger partial charge in [-0.15, -0.1) is 0 Å². The molecule has 3 atom stereocenters. The van der Waals surface area contributed by atoms with Crippen LogP contribution in [0, 0.1) is 11.8 Å². The van der Waals surface area contributed by atoms with Crippen molar-refractivity contribution >= 4 is 11.7 Å². The van der Waals surface area contributed by atoms with Crippen molar-refractivity contribution in [2.45, 2.75) is 31.7 Å². The Morgan fingerprint density at radius 1 is 1.39 bits per heavy atom. The molecule has 3 heterocycles. The SMILES string of the molecule is O=C(O)CC1CC2CCC1CN2c1ccncc1. The van der Waals surface area contributed by atoms with Crippen LogP contribution < -0.4 is 4.90 Å². The molecule has 3 fully saturated rings. The highest BCUT2D eigenvalue weighted by atomic mass is 16.4. The van der Waals surface area contributed by atoms with E-state index in [9.17, 15) is 4.79 Å². The number of fused-ring (bicyclic) bond motifs is 3. The third kappa shape index (κ3) is 2.07. The quantitative estimate of drug-likeness (QED) is 0.888. The van der Waals surface area contributed by atoms with Gasteiger partial charge in [0.15, 0.2) is 0 Å². The van der Waals surface area contributed by atoms with Crippen molar-refractivity contribution in [2.75, 3.05) is 11.4 Å². The molecule has 1 aromatic rings. The van der Waals surface area contributed by atoms with Gasteiger partial charge in [0.05, 0.1) is 0 Å². The van der Waals surface area contributed by atoms with E-state index in [0.29, 0.717) is 24.3 Å². The Labute approximate surface area is 107 Å². The summed E-state index contributed by atoms with van der Waals surface area (Å²) in [6.45, 7) is 1.01. The normalized spacial score (nSPS) is 30.4. The van der Waals surface area contributed by atoms with Crippen molar-refractivity contribution in [3.05, 3.63) is 24.5 Å². The Kier molecular flexibility index (Phi) is 2.94. The van der Waals surface area contributed by atoms with Crippen LogP contribution in [0.5, 0.6) is 0 Å². The first-order valence-corrected chi connectivity index (χ1v) is 6.62. The van der Waals surface area contributed by atoms with Gasteiger partial charge in [-0.05, 0) is 43.2 Å². The van der Waals surface area contributed by atoms with Crippen LogP contribution in [0.3, 0.4) is 0 Å². The lowest BCUT2D eigenvalue weighted by molar-refractivity contribution is -0.139. The maximum atomic E-state index is 10.9. The Balaban J connectivity index is 1.74. The van der Waals surface area contributed by atoms with E-state index < -0.39 is 5.97 Å². The van der Waals surface area contributed by atoms with Gasteiger partial charge in [0, 0.05) is 37.1 Å². The fraction of sp³-hybridized carbons (Fsp3) is 0.571. The molecule has 96 valence electrons. The molecule has 3 unspecified atom stereocenters. The van der Waals surface area contributed by atoms with Crippen LogP contribution in [0.2, 0.25) is 0 Å². The van der Waals surface area contributed by atoms with Crippen LogP contribution in [-0.4, -0.2) is 28.6 Å². The Bertz CT molecular complexity index is 435. The Morgan fingerprint density at radius 3 is 2.78 bits per heavy atom. The molecule has 4 rings (SSSR count). The summed E-state index contributed by atoms with van der Waals surface area (Å²) in [5, 5.41) is 8.95. The molecule has 2 aliphatic heterocycles. The second-order valence-electron chi connectivity index (χ2n) is 5.44. The molecule has 4 heteroatoms. The van der Waals surface area contributed by atoms with Gasteiger partial charge in [0.25, 0.3) is 0 Å². The van der Waals surface area contributed by atoms with Gasteiger partial charge in [-0.25, -0.2) is 0 Å². The lowest BCUT2D eigenvalue weighted by Gasteiger charge is -2.50. The summed E-state index contributed by atoms with van der Waals surface area (Å²) in [6, 6.07) is 4.61. The van der Waals surface area contributed by atoms with Crippen LogP contribution >= 0.6 is 0 Å². The van der Waals surface area contributed by atoms with Gasteiger partial charge in [-0.2, -0.15) is 0 Å². The molecular weight excluding hydrogens is 228 g/mol. The predicted molar refractivity (Wildman–Crippen MR) is 68.5 cm³/mol. The Hall–Kier alpha value is -1.58. The minimum atomic E-state index is -0.650. The molecule has 1 aliphatic carbocycles. The zero-order valence-electron chi connectivity index (χ0n) is 10.3. The minimum Gasteiger partial charge on any atom is -0.481 e. The van der Waals surface area contributed by atoms with E-state index in [0.717, 1.165) is 13.0 Å². The number of aromatic nitrogens is 1. The summed E-state index contributed by atoms with van der Waals surface area (Å²) in [6.07, 6.45) is 7.40. The van der Waals surface area contributed by atoms with Gasteiger partial charge < -0.3 is 10.0 Å². The van der Waals surface area contributed by atoms with Crippen molar-refractivity contribution in [1.82, 2.24) is 4.98 Å². The number of piperidine rings is 2. The highest BCUT2D eigenvalue weighted by molar-refractivity contribution is 5.67. The van der Waals surface area contributed by atoms with Crippen LogP contribution in [0.1, 0.15) is 25.7 Å². The molecular formula is C14H18N2O2. The largest absolute Gasteiger partial charge is 0.481 e. The number of pyridine rings is 1. The second kappa shape index (κ2) is 4.59. The minimum absolute atomic E-state index is 0.339. The van der Waals surface area contributed by atoms with Crippen LogP contribution in [0.4, 0.5) is 5.69 Å². The smallest absolute Gasteiger partial charge is 0.303 e. The van der Waals surface area contributed by atoms with E-state index in [1.54, 1.807) is 0 Å². The van der Waals surface area contributed by atoms with E-state index in [2.05, 4.69) is 9.88 Å². The number of anilines is 1. The van der Waals surface area contributed by atoms with E-state index in [4.69, 9.17) is 5.11 Å². The van der Waals surface area contributed by atoms with Crippen molar-refractivity contribution in [3.8, 4) is 0 Å². The number of rotatable bonds is 3. The molecule has 2 bridgehead atoms. The monoisotopic (exact) mass is 246 g/mol. The summed E-state index contributed by atoms with van der Waals surface area (Å²) in [5.74, 6) is 0.265. The molecule has 4 nitrogen and oxygen atoms in total. The first-order valence-electron chi connectivity index (χ1n) is 6.62. The number of carbonyl (C=O) groups is 1. The van der Waals surface area contributed by atoms with E-state index in [1.807, 2.05) is 24.5 Å². The number of carboxylic acids is 1. The summed E-state index contributed by atoms with van der Waals surface area (Å²) < 4.78 is 0. The molecule has 0 amide bonds. The van der Waals surface area contributed by atoms with E-state index in [-0.39, 0.29) is 0 Å². The molecule has 2 saturated heterocycles. The first kappa shape index (κ1) is 11.5. The van der Waals surface area contributed by atoms with Crippen LogP contribution in [0.25, 0.3) is 0 Å². The second-order valence-corrected chi connectivity index (χ2v) is 5.44. The average molecular weight is 246 g/mol. The number of hydrogen-bond acceptors (Lipinski definition) is 3. The maximum Gasteiger partial charge on any atom is 0.303 e. The molecule has 0 radical (unpaired) electrons. The summed E-state index contributed by atoms with van der Waals surface area (Å²) in [5.41, 5.74) is 1.23. The van der Waals surface area contributed by atoms with Crippen molar-refractivity contribution in [3.63, 3.8) is 0 Å². The van der Waals surface area contributed by atoms with Gasteiger partial charge in [-0.1, -0.05) is 0 Å². The lowest BCUT2D eigenvalue weighted by atomic mass is 9.70. The molecule has 0 spiro atoms. The number of aliphatic carboxylic acids is 1. The van der Waals surface area contributed by atoms with Gasteiger partial charge in [0.1, 0.15) is 0 Å². The van der Waals surface area contributed by atoms with Gasteiger partial charge in [0.2, 0.25) is 0 Å².